The summed E-state index contributed by atoms with van der Waals surface area (Å²) in [5.41, 5.74) is 3.48. The van der Waals surface area contributed by atoms with Gasteiger partial charge < -0.3 is 4.74 Å². The molecule has 0 amide bonds. The van der Waals surface area contributed by atoms with Crippen molar-refractivity contribution >= 4 is 34.8 Å². The molecule has 4 saturated carbocycles. The van der Waals surface area contributed by atoms with Gasteiger partial charge in [-0.15, -0.1) is 0 Å². The van der Waals surface area contributed by atoms with Crippen LogP contribution in [-0.4, -0.2) is 8.96 Å². The zero-order valence-corrected chi connectivity index (χ0v) is 30.2. The van der Waals surface area contributed by atoms with Crippen LogP contribution in [0.5, 0.6) is 11.5 Å². The van der Waals surface area contributed by atoms with E-state index in [2.05, 4.69) is 136 Å². The van der Waals surface area contributed by atoms with Gasteiger partial charge in [-0.2, -0.15) is 0 Å². The fourth-order valence-corrected chi connectivity index (χ4v) is 13.2. The van der Waals surface area contributed by atoms with E-state index in [-0.39, 0.29) is 21.6 Å². The van der Waals surface area contributed by atoms with Crippen molar-refractivity contribution < 1.29 is 8.95 Å². The second-order valence-corrected chi connectivity index (χ2v) is 20.5. The number of para-hydroxylation sites is 2. The van der Waals surface area contributed by atoms with E-state index >= 15 is 0 Å². The molecular weight excluding hydrogens is 614 g/mol. The summed E-state index contributed by atoms with van der Waals surface area (Å²) in [6, 6.07) is 35.4. The summed E-state index contributed by atoms with van der Waals surface area (Å²) >= 11 is 0. The first kappa shape index (κ1) is 31.5. The first-order valence-electron chi connectivity index (χ1n) is 17.6. The standard InChI is InChI=1S/C42H48NO2PS/c1-40(2,3)47(44)43-39(42-25-28-22-29(26-42)24-30(23-28)27-42)33-18-12-19-34-37(33)45-38-35(41(34,4)5)20-13-21-36(38)46(31-14-8-6-9-15-31)32-16-10-7-11-17-32/h6-21,28-30,39,43H,22-27H2,1-5H3/t28?,29?,30?,39-,42?,47?/m1/s1. The first-order chi connectivity index (χ1) is 22.5. The predicted octanol–water partition coefficient (Wildman–Crippen LogP) is 9.19. The molecule has 0 spiro atoms. The van der Waals surface area contributed by atoms with Crippen molar-refractivity contribution in [3.63, 3.8) is 0 Å². The molecular formula is C42H48NO2PS. The summed E-state index contributed by atoms with van der Waals surface area (Å²) in [6.45, 7) is 11.0. The highest BCUT2D eigenvalue weighted by Gasteiger charge is 2.56. The van der Waals surface area contributed by atoms with Gasteiger partial charge in [0.1, 0.15) is 11.5 Å². The molecule has 1 N–H and O–H groups in total. The molecule has 3 nitrogen and oxygen atoms in total. The van der Waals surface area contributed by atoms with Gasteiger partial charge >= 0.3 is 0 Å². The summed E-state index contributed by atoms with van der Waals surface area (Å²) in [7, 11) is -2.07. The average molecular weight is 662 g/mol. The third kappa shape index (κ3) is 5.44. The molecule has 4 aliphatic carbocycles. The third-order valence-electron chi connectivity index (χ3n) is 11.7. The van der Waals surface area contributed by atoms with Crippen molar-refractivity contribution in [2.24, 2.45) is 23.2 Å². The van der Waals surface area contributed by atoms with Gasteiger partial charge in [0.25, 0.3) is 0 Å². The third-order valence-corrected chi connectivity index (χ3v) is 15.7. The minimum Gasteiger partial charge on any atom is -0.456 e. The molecule has 2 atom stereocenters. The Balaban J connectivity index is 1.30. The van der Waals surface area contributed by atoms with E-state index in [1.807, 2.05) is 0 Å². The maximum Gasteiger partial charge on any atom is 0.139 e. The van der Waals surface area contributed by atoms with Gasteiger partial charge in [0.2, 0.25) is 0 Å². The van der Waals surface area contributed by atoms with Crippen LogP contribution in [0.15, 0.2) is 97.1 Å². The van der Waals surface area contributed by atoms with E-state index < -0.39 is 18.9 Å². The number of benzene rings is 4. The quantitative estimate of drug-likeness (QED) is 0.201. The maximum atomic E-state index is 14.1. The van der Waals surface area contributed by atoms with Gasteiger partial charge in [-0.25, -0.2) is 8.93 Å². The lowest BCUT2D eigenvalue weighted by Crippen LogP contribution is -2.53. The van der Waals surface area contributed by atoms with Crippen LogP contribution in [0.4, 0.5) is 0 Å². The second kappa shape index (κ2) is 11.7. The van der Waals surface area contributed by atoms with Gasteiger partial charge in [-0.3, -0.25) is 0 Å². The number of hydrogen-bond acceptors (Lipinski definition) is 2. The first-order valence-corrected chi connectivity index (χ1v) is 20.1. The van der Waals surface area contributed by atoms with Crippen LogP contribution in [0.25, 0.3) is 0 Å². The smallest absolute Gasteiger partial charge is 0.139 e. The molecule has 4 aromatic rings. The van der Waals surface area contributed by atoms with Crippen LogP contribution in [0, 0.1) is 23.2 Å². The Morgan fingerprint density at radius 2 is 1.23 bits per heavy atom. The second-order valence-electron chi connectivity index (χ2n) is 16.3. The van der Waals surface area contributed by atoms with Crippen molar-refractivity contribution in [2.45, 2.75) is 89.3 Å². The van der Waals surface area contributed by atoms with E-state index in [0.717, 1.165) is 29.3 Å². The molecule has 1 unspecified atom stereocenters. The Labute approximate surface area is 285 Å². The molecule has 4 fully saturated rings. The summed E-state index contributed by atoms with van der Waals surface area (Å²) in [6.07, 6.45) is 7.80. The highest BCUT2D eigenvalue weighted by Crippen LogP contribution is 2.65. The maximum absolute atomic E-state index is 14.1. The van der Waals surface area contributed by atoms with Crippen molar-refractivity contribution in [1.29, 1.82) is 0 Å². The van der Waals surface area contributed by atoms with Gasteiger partial charge in [0.15, 0.2) is 0 Å². The fourth-order valence-electron chi connectivity index (χ4n) is 9.85. The van der Waals surface area contributed by atoms with Crippen molar-refractivity contribution in [2.75, 3.05) is 0 Å². The van der Waals surface area contributed by atoms with Crippen LogP contribution < -0.4 is 25.4 Å². The zero-order chi connectivity index (χ0) is 32.6. The molecule has 47 heavy (non-hydrogen) atoms. The van der Waals surface area contributed by atoms with E-state index in [1.54, 1.807) is 0 Å². The lowest BCUT2D eigenvalue weighted by molar-refractivity contribution is -0.0709. The molecule has 1 heterocycles. The number of nitrogens with one attached hydrogen (secondary N) is 1. The van der Waals surface area contributed by atoms with Gasteiger partial charge in [0, 0.05) is 27.4 Å². The summed E-state index contributed by atoms with van der Waals surface area (Å²) in [4.78, 5) is 0. The summed E-state index contributed by atoms with van der Waals surface area (Å²) < 4.78 is 24.9. The number of fused-ring (bicyclic) bond motifs is 2. The number of rotatable bonds is 7. The van der Waals surface area contributed by atoms with Gasteiger partial charge in [-0.05, 0) is 101 Å². The van der Waals surface area contributed by atoms with E-state index in [4.69, 9.17) is 4.74 Å². The van der Waals surface area contributed by atoms with E-state index in [0.29, 0.717) is 0 Å². The molecule has 4 bridgehead atoms. The lowest BCUT2D eigenvalue weighted by Gasteiger charge is -2.59. The van der Waals surface area contributed by atoms with Gasteiger partial charge in [0.05, 0.1) is 21.8 Å². The van der Waals surface area contributed by atoms with Gasteiger partial charge in [-0.1, -0.05) is 111 Å². The number of ether oxygens (including phenoxy) is 1. The largest absolute Gasteiger partial charge is 0.456 e. The monoisotopic (exact) mass is 661 g/mol. The number of hydrogen-bond donors (Lipinski definition) is 1. The topological polar surface area (TPSA) is 38.3 Å². The molecule has 9 rings (SSSR count). The minimum atomic E-state index is -1.21. The molecule has 0 aromatic heterocycles. The van der Waals surface area contributed by atoms with Crippen LogP contribution in [0.2, 0.25) is 0 Å². The molecule has 0 saturated heterocycles. The Hall–Kier alpha value is -2.78. The zero-order valence-electron chi connectivity index (χ0n) is 28.5. The fraction of sp³-hybridized carbons (Fsp3) is 0.429. The Bertz CT molecular complexity index is 1740. The normalized spacial score (nSPS) is 26.7. The van der Waals surface area contributed by atoms with Crippen LogP contribution in [-0.2, 0) is 16.4 Å². The highest BCUT2D eigenvalue weighted by molar-refractivity contribution is 7.84. The molecule has 4 aromatic carbocycles. The van der Waals surface area contributed by atoms with E-state index in [9.17, 15) is 4.21 Å². The molecule has 5 heteroatoms. The Morgan fingerprint density at radius 1 is 0.723 bits per heavy atom. The summed E-state index contributed by atoms with van der Waals surface area (Å²) in [5.74, 6) is 4.35. The lowest BCUT2D eigenvalue weighted by atomic mass is 9.47. The Kier molecular flexibility index (Phi) is 7.82. The molecule has 244 valence electrons. The van der Waals surface area contributed by atoms with Crippen LogP contribution >= 0.6 is 7.92 Å². The molecule has 0 radical (unpaired) electrons. The van der Waals surface area contributed by atoms with Crippen LogP contribution in [0.1, 0.15) is 95.9 Å². The van der Waals surface area contributed by atoms with Crippen molar-refractivity contribution in [3.8, 4) is 11.5 Å². The summed E-state index contributed by atoms with van der Waals surface area (Å²) in [5, 5.41) is 3.88. The van der Waals surface area contributed by atoms with Crippen molar-refractivity contribution in [3.05, 3.63) is 114 Å². The van der Waals surface area contributed by atoms with E-state index in [1.165, 1.54) is 71.1 Å². The Morgan fingerprint density at radius 3 is 1.77 bits per heavy atom. The highest BCUT2D eigenvalue weighted by atomic mass is 32.2. The molecule has 1 aliphatic heterocycles. The average Bonchev–Trinajstić information content (AvgIpc) is 3.04. The minimum absolute atomic E-state index is 0.0276. The van der Waals surface area contributed by atoms with Crippen molar-refractivity contribution in [1.82, 2.24) is 4.72 Å². The molecule has 5 aliphatic rings. The predicted molar refractivity (Wildman–Crippen MR) is 198 cm³/mol. The van der Waals surface area contributed by atoms with Crippen LogP contribution in [0.3, 0.4) is 0 Å². The SMILES string of the molecule is CC1(C)c2cccc([C@@H](NS(=O)C(C)(C)C)C34CC5CC(CC(C5)C3)C4)c2Oc2c(P(c3ccccc3)c3ccccc3)cccc21.